The zero-order valence-corrected chi connectivity index (χ0v) is 11.4. The first-order chi connectivity index (χ1) is 8.75. The molecule has 1 atom stereocenters. The van der Waals surface area contributed by atoms with Gasteiger partial charge in [0.1, 0.15) is 5.75 Å². The summed E-state index contributed by atoms with van der Waals surface area (Å²) in [6, 6.07) is 16.5. The number of para-hydroxylation sites is 1. The van der Waals surface area contributed by atoms with Crippen molar-refractivity contribution in [2.75, 3.05) is 0 Å². The lowest BCUT2D eigenvalue weighted by molar-refractivity contribution is 0.249. The Balaban J connectivity index is 2.11. The predicted octanol–water partition coefficient (Wildman–Crippen LogP) is 4.11. The lowest BCUT2D eigenvalue weighted by Gasteiger charge is -2.28. The summed E-state index contributed by atoms with van der Waals surface area (Å²) in [5.41, 5.74) is 2.38. The standard InChI is InChI=1S/C15H15O2P/c1-11(2)16-18-15-10-6-4-8-13(15)12-7-3-5-9-14(12)17-18/h3-11H,1-2H3. The highest BCUT2D eigenvalue weighted by Gasteiger charge is 2.27. The average molecular weight is 258 g/mol. The molecule has 3 heteroatoms. The van der Waals surface area contributed by atoms with E-state index < -0.39 is 8.38 Å². The first kappa shape index (κ1) is 11.7. The Bertz CT molecular complexity index is 566. The van der Waals surface area contributed by atoms with Gasteiger partial charge in [-0.2, -0.15) is 0 Å². The molecule has 1 heterocycles. The van der Waals surface area contributed by atoms with Crippen molar-refractivity contribution in [2.45, 2.75) is 20.0 Å². The zero-order valence-electron chi connectivity index (χ0n) is 10.5. The van der Waals surface area contributed by atoms with E-state index in [1.807, 2.05) is 38.1 Å². The number of fused-ring (bicyclic) bond motifs is 3. The third kappa shape index (κ3) is 2.03. The third-order valence-electron chi connectivity index (χ3n) is 2.77. The third-order valence-corrected chi connectivity index (χ3v) is 4.52. The molecule has 0 aromatic heterocycles. The van der Waals surface area contributed by atoms with Crippen LogP contribution in [0.2, 0.25) is 0 Å². The maximum absolute atomic E-state index is 6.01. The number of hydrogen-bond donors (Lipinski definition) is 0. The lowest BCUT2D eigenvalue weighted by Crippen LogP contribution is -2.17. The molecule has 0 fully saturated rings. The summed E-state index contributed by atoms with van der Waals surface area (Å²) < 4.78 is 11.9. The lowest BCUT2D eigenvalue weighted by atomic mass is 10.0. The van der Waals surface area contributed by atoms with Crippen LogP contribution in [0.4, 0.5) is 0 Å². The van der Waals surface area contributed by atoms with Crippen LogP contribution in [0.3, 0.4) is 0 Å². The van der Waals surface area contributed by atoms with Crippen molar-refractivity contribution in [3.05, 3.63) is 48.5 Å². The van der Waals surface area contributed by atoms with E-state index in [0.717, 1.165) is 11.3 Å². The molecule has 92 valence electrons. The van der Waals surface area contributed by atoms with Gasteiger partial charge in [0, 0.05) is 5.56 Å². The molecule has 0 amide bonds. The summed E-state index contributed by atoms with van der Waals surface area (Å²) >= 11 is 0. The van der Waals surface area contributed by atoms with Gasteiger partial charge in [-0.3, -0.25) is 0 Å². The molecule has 0 spiro atoms. The molecule has 0 saturated heterocycles. The van der Waals surface area contributed by atoms with Crippen molar-refractivity contribution < 1.29 is 9.05 Å². The minimum absolute atomic E-state index is 0.162. The molecular formula is C15H15O2P. The van der Waals surface area contributed by atoms with E-state index in [2.05, 4.69) is 24.3 Å². The average Bonchev–Trinajstić information content (AvgIpc) is 2.38. The van der Waals surface area contributed by atoms with Crippen LogP contribution >= 0.6 is 8.38 Å². The SMILES string of the molecule is CC(C)OP1Oc2ccccc2-c2ccccc21. The Labute approximate surface area is 108 Å². The molecule has 3 rings (SSSR count). The minimum Gasteiger partial charge on any atom is -0.443 e. The van der Waals surface area contributed by atoms with Crippen molar-refractivity contribution in [3.8, 4) is 16.9 Å². The normalized spacial score (nSPS) is 16.9. The Morgan fingerprint density at radius 1 is 0.944 bits per heavy atom. The highest BCUT2D eigenvalue weighted by Crippen LogP contribution is 2.49. The van der Waals surface area contributed by atoms with Crippen molar-refractivity contribution in [1.82, 2.24) is 0 Å². The molecule has 2 aromatic carbocycles. The molecule has 18 heavy (non-hydrogen) atoms. The Hall–Kier alpha value is -1.37. The topological polar surface area (TPSA) is 18.5 Å². The van der Waals surface area contributed by atoms with Crippen LogP contribution in [0.1, 0.15) is 13.8 Å². The second-order valence-electron chi connectivity index (χ2n) is 4.52. The number of rotatable bonds is 2. The minimum atomic E-state index is -1.01. The monoisotopic (exact) mass is 258 g/mol. The summed E-state index contributed by atoms with van der Waals surface area (Å²) in [4.78, 5) is 0. The first-order valence-electron chi connectivity index (χ1n) is 6.09. The molecule has 1 unspecified atom stereocenters. The van der Waals surface area contributed by atoms with Gasteiger partial charge in [-0.05, 0) is 31.5 Å². The van der Waals surface area contributed by atoms with Gasteiger partial charge in [0.25, 0.3) is 8.38 Å². The summed E-state index contributed by atoms with van der Waals surface area (Å²) in [6.07, 6.45) is 0.162. The fourth-order valence-electron chi connectivity index (χ4n) is 2.04. The van der Waals surface area contributed by atoms with Crippen LogP contribution < -0.4 is 9.83 Å². The van der Waals surface area contributed by atoms with E-state index in [-0.39, 0.29) is 6.10 Å². The predicted molar refractivity (Wildman–Crippen MR) is 75.3 cm³/mol. The summed E-state index contributed by atoms with van der Waals surface area (Å²) in [7, 11) is -1.01. The van der Waals surface area contributed by atoms with Gasteiger partial charge in [0.2, 0.25) is 0 Å². The fourth-order valence-corrected chi connectivity index (χ4v) is 3.61. The molecule has 2 aromatic rings. The van der Waals surface area contributed by atoms with Crippen LogP contribution in [0, 0.1) is 0 Å². The zero-order chi connectivity index (χ0) is 12.5. The Morgan fingerprint density at radius 2 is 1.61 bits per heavy atom. The molecule has 0 bridgehead atoms. The van der Waals surface area contributed by atoms with Crippen molar-refractivity contribution in [2.24, 2.45) is 0 Å². The van der Waals surface area contributed by atoms with Crippen molar-refractivity contribution in [1.29, 1.82) is 0 Å². The fraction of sp³-hybridized carbons (Fsp3) is 0.200. The van der Waals surface area contributed by atoms with Gasteiger partial charge in [-0.15, -0.1) is 0 Å². The van der Waals surface area contributed by atoms with Crippen LogP contribution in [0.5, 0.6) is 5.75 Å². The van der Waals surface area contributed by atoms with Gasteiger partial charge in [-0.1, -0.05) is 36.4 Å². The van der Waals surface area contributed by atoms with Crippen LogP contribution in [-0.2, 0) is 4.52 Å². The Morgan fingerprint density at radius 3 is 2.39 bits per heavy atom. The molecular weight excluding hydrogens is 243 g/mol. The Kier molecular flexibility index (Phi) is 3.07. The quantitative estimate of drug-likeness (QED) is 0.755. The largest absolute Gasteiger partial charge is 0.443 e. The highest BCUT2D eigenvalue weighted by molar-refractivity contribution is 7.56. The van der Waals surface area contributed by atoms with Crippen LogP contribution in [0.15, 0.2) is 48.5 Å². The van der Waals surface area contributed by atoms with Gasteiger partial charge in [-0.25, -0.2) is 0 Å². The second kappa shape index (κ2) is 4.72. The van der Waals surface area contributed by atoms with Crippen molar-refractivity contribution in [3.63, 3.8) is 0 Å². The van der Waals surface area contributed by atoms with Gasteiger partial charge in [0.15, 0.2) is 0 Å². The van der Waals surface area contributed by atoms with E-state index in [1.54, 1.807) is 0 Å². The first-order valence-corrected chi connectivity index (χ1v) is 7.27. The van der Waals surface area contributed by atoms with E-state index in [0.29, 0.717) is 0 Å². The highest BCUT2D eigenvalue weighted by atomic mass is 31.2. The van der Waals surface area contributed by atoms with Gasteiger partial charge in [0.05, 0.1) is 11.4 Å². The molecule has 1 aliphatic rings. The van der Waals surface area contributed by atoms with Crippen LogP contribution in [0.25, 0.3) is 11.1 Å². The maximum atomic E-state index is 6.01. The summed E-state index contributed by atoms with van der Waals surface area (Å²) in [5, 5.41) is 1.17. The molecule has 1 aliphatic heterocycles. The number of hydrogen-bond acceptors (Lipinski definition) is 2. The smallest absolute Gasteiger partial charge is 0.265 e. The molecule has 0 saturated carbocycles. The van der Waals surface area contributed by atoms with E-state index in [4.69, 9.17) is 9.05 Å². The molecule has 0 N–H and O–H groups in total. The molecule has 2 nitrogen and oxygen atoms in total. The molecule has 0 radical (unpaired) electrons. The van der Waals surface area contributed by atoms with Crippen molar-refractivity contribution >= 4 is 13.7 Å². The summed E-state index contributed by atoms with van der Waals surface area (Å²) in [5.74, 6) is 0.919. The number of benzene rings is 2. The molecule has 0 aliphatic carbocycles. The van der Waals surface area contributed by atoms with E-state index >= 15 is 0 Å². The van der Waals surface area contributed by atoms with Gasteiger partial charge < -0.3 is 9.05 Å². The van der Waals surface area contributed by atoms with Gasteiger partial charge >= 0.3 is 0 Å². The maximum Gasteiger partial charge on any atom is 0.265 e. The second-order valence-corrected chi connectivity index (χ2v) is 5.91. The van der Waals surface area contributed by atoms with Crippen LogP contribution in [-0.4, -0.2) is 6.10 Å². The van der Waals surface area contributed by atoms with E-state index in [1.165, 1.54) is 10.9 Å². The van der Waals surface area contributed by atoms with E-state index in [9.17, 15) is 0 Å². The summed E-state index contributed by atoms with van der Waals surface area (Å²) in [6.45, 7) is 4.07.